The Balaban J connectivity index is 1.79. The first-order chi connectivity index (χ1) is 8.33. The van der Waals surface area contributed by atoms with Crippen molar-refractivity contribution in [2.75, 3.05) is 18.4 Å². The lowest BCUT2D eigenvalue weighted by molar-refractivity contribution is 0.477. The van der Waals surface area contributed by atoms with E-state index >= 15 is 0 Å². The van der Waals surface area contributed by atoms with Gasteiger partial charge in [-0.15, -0.1) is 0 Å². The predicted molar refractivity (Wildman–Crippen MR) is 66.4 cm³/mol. The number of nitrogens with zero attached hydrogens (tertiary/aromatic N) is 1. The quantitative estimate of drug-likeness (QED) is 0.694. The van der Waals surface area contributed by atoms with Crippen LogP contribution in [0.5, 0.6) is 0 Å². The molecule has 2 heterocycles. The van der Waals surface area contributed by atoms with Crippen LogP contribution in [0.3, 0.4) is 0 Å². The zero-order chi connectivity index (χ0) is 11.7. The highest BCUT2D eigenvalue weighted by molar-refractivity contribution is 5.33. The average Bonchev–Trinajstić information content (AvgIpc) is 2.79. The summed E-state index contributed by atoms with van der Waals surface area (Å²) in [5.41, 5.74) is 1.93. The molecule has 2 aliphatic rings. The minimum atomic E-state index is 0.0453. The Hall–Kier alpha value is -1.36. The van der Waals surface area contributed by atoms with E-state index in [-0.39, 0.29) is 5.56 Å². The molecule has 0 bridgehead atoms. The molecule has 17 heavy (non-hydrogen) atoms. The van der Waals surface area contributed by atoms with Crippen LogP contribution in [0.2, 0.25) is 0 Å². The van der Waals surface area contributed by atoms with E-state index in [9.17, 15) is 4.79 Å². The molecule has 5 nitrogen and oxygen atoms in total. The van der Waals surface area contributed by atoms with Crippen molar-refractivity contribution < 1.29 is 0 Å². The number of fused-ring (bicyclic) bond motifs is 1. The van der Waals surface area contributed by atoms with Crippen molar-refractivity contribution in [2.24, 2.45) is 0 Å². The number of rotatable bonds is 2. The van der Waals surface area contributed by atoms with Gasteiger partial charge in [-0.25, -0.2) is 4.98 Å². The molecule has 1 aliphatic heterocycles. The van der Waals surface area contributed by atoms with E-state index < -0.39 is 0 Å². The number of H-pyrrole nitrogens is 1. The van der Waals surface area contributed by atoms with Crippen LogP contribution < -0.4 is 16.2 Å². The summed E-state index contributed by atoms with van der Waals surface area (Å²) < 4.78 is 0. The van der Waals surface area contributed by atoms with Crippen molar-refractivity contribution >= 4 is 5.95 Å². The van der Waals surface area contributed by atoms with Gasteiger partial charge in [-0.2, -0.15) is 0 Å². The number of anilines is 1. The normalized spacial score (nSPS) is 20.2. The Kier molecular flexibility index (Phi) is 2.84. The number of aromatic nitrogens is 2. The maximum absolute atomic E-state index is 11.8. The molecule has 0 aromatic carbocycles. The van der Waals surface area contributed by atoms with Crippen LogP contribution in [0.1, 0.15) is 30.5 Å². The second kappa shape index (κ2) is 4.49. The van der Waals surface area contributed by atoms with E-state index in [1.807, 2.05) is 0 Å². The highest BCUT2D eigenvalue weighted by Crippen LogP contribution is 2.17. The zero-order valence-corrected chi connectivity index (χ0v) is 9.88. The standard InChI is InChI=1S/C12H18N4O/c17-11-9-2-1-3-10(9)15-12(16-11)14-8-4-6-13-7-5-8/h8,13H,1-7H2,(H2,14,15,16,17). The molecule has 1 fully saturated rings. The van der Waals surface area contributed by atoms with Gasteiger partial charge in [-0.3, -0.25) is 9.78 Å². The molecule has 3 rings (SSSR count). The molecule has 1 saturated heterocycles. The Labute approximate surface area is 100 Å². The number of piperidine rings is 1. The SMILES string of the molecule is O=c1[nH]c(NC2CCNCC2)nc2c1CCC2. The Morgan fingerprint density at radius 2 is 2.06 bits per heavy atom. The molecule has 0 amide bonds. The first-order valence-corrected chi connectivity index (χ1v) is 6.42. The smallest absolute Gasteiger partial charge is 0.255 e. The summed E-state index contributed by atoms with van der Waals surface area (Å²) in [4.78, 5) is 19.2. The molecular weight excluding hydrogens is 216 g/mol. The molecule has 3 N–H and O–H groups in total. The van der Waals surface area contributed by atoms with E-state index in [0.29, 0.717) is 12.0 Å². The van der Waals surface area contributed by atoms with Crippen molar-refractivity contribution in [1.29, 1.82) is 0 Å². The van der Waals surface area contributed by atoms with Gasteiger partial charge >= 0.3 is 0 Å². The first kappa shape index (κ1) is 10.8. The summed E-state index contributed by atoms with van der Waals surface area (Å²) in [5, 5.41) is 6.67. The minimum Gasteiger partial charge on any atom is -0.353 e. The van der Waals surface area contributed by atoms with E-state index in [0.717, 1.165) is 56.5 Å². The van der Waals surface area contributed by atoms with E-state index in [4.69, 9.17) is 0 Å². The maximum Gasteiger partial charge on any atom is 0.255 e. The van der Waals surface area contributed by atoms with Crippen LogP contribution in [-0.2, 0) is 12.8 Å². The van der Waals surface area contributed by atoms with Gasteiger partial charge in [-0.1, -0.05) is 0 Å². The predicted octanol–water partition coefficient (Wildman–Crippen LogP) is 0.422. The Morgan fingerprint density at radius 3 is 2.88 bits per heavy atom. The van der Waals surface area contributed by atoms with Gasteiger partial charge in [0.2, 0.25) is 5.95 Å². The van der Waals surface area contributed by atoms with Gasteiger partial charge in [0.1, 0.15) is 0 Å². The molecule has 1 aromatic rings. The number of hydrogen-bond acceptors (Lipinski definition) is 4. The lowest BCUT2D eigenvalue weighted by Crippen LogP contribution is -2.36. The van der Waals surface area contributed by atoms with Crippen molar-refractivity contribution in [3.8, 4) is 0 Å². The van der Waals surface area contributed by atoms with Gasteiger partial charge in [0.05, 0.1) is 5.69 Å². The third kappa shape index (κ3) is 2.20. The summed E-state index contributed by atoms with van der Waals surface area (Å²) in [7, 11) is 0. The molecule has 1 aromatic heterocycles. The largest absolute Gasteiger partial charge is 0.353 e. The molecule has 92 valence electrons. The van der Waals surface area contributed by atoms with E-state index in [1.54, 1.807) is 0 Å². The molecule has 0 unspecified atom stereocenters. The van der Waals surface area contributed by atoms with Crippen molar-refractivity contribution in [2.45, 2.75) is 38.1 Å². The molecule has 0 atom stereocenters. The maximum atomic E-state index is 11.8. The minimum absolute atomic E-state index is 0.0453. The van der Waals surface area contributed by atoms with Crippen LogP contribution >= 0.6 is 0 Å². The van der Waals surface area contributed by atoms with Gasteiger partial charge in [0.15, 0.2) is 0 Å². The number of aromatic amines is 1. The monoisotopic (exact) mass is 234 g/mol. The van der Waals surface area contributed by atoms with Gasteiger partial charge in [0, 0.05) is 11.6 Å². The van der Waals surface area contributed by atoms with Crippen LogP contribution in [0.4, 0.5) is 5.95 Å². The molecule has 0 radical (unpaired) electrons. The van der Waals surface area contributed by atoms with Crippen molar-refractivity contribution in [3.63, 3.8) is 0 Å². The highest BCUT2D eigenvalue weighted by atomic mass is 16.1. The fraction of sp³-hybridized carbons (Fsp3) is 0.667. The first-order valence-electron chi connectivity index (χ1n) is 6.42. The number of hydrogen-bond donors (Lipinski definition) is 3. The molecule has 5 heteroatoms. The molecular formula is C12H18N4O. The van der Waals surface area contributed by atoms with Crippen molar-refractivity contribution in [3.05, 3.63) is 21.6 Å². The van der Waals surface area contributed by atoms with E-state index in [1.165, 1.54) is 0 Å². The van der Waals surface area contributed by atoms with Crippen molar-refractivity contribution in [1.82, 2.24) is 15.3 Å². The van der Waals surface area contributed by atoms with Crippen LogP contribution in [0.25, 0.3) is 0 Å². The summed E-state index contributed by atoms with van der Waals surface area (Å²) in [5.74, 6) is 0.655. The summed E-state index contributed by atoms with van der Waals surface area (Å²) >= 11 is 0. The van der Waals surface area contributed by atoms with Crippen LogP contribution in [-0.4, -0.2) is 29.1 Å². The number of nitrogens with one attached hydrogen (secondary N) is 3. The Morgan fingerprint density at radius 1 is 1.24 bits per heavy atom. The number of aryl methyl sites for hydroxylation is 1. The Bertz CT molecular complexity index is 462. The fourth-order valence-electron chi connectivity index (χ4n) is 2.67. The molecule has 1 aliphatic carbocycles. The highest BCUT2D eigenvalue weighted by Gasteiger charge is 2.19. The third-order valence-corrected chi connectivity index (χ3v) is 3.62. The van der Waals surface area contributed by atoms with Gasteiger partial charge < -0.3 is 10.6 Å². The molecule has 0 spiro atoms. The second-order valence-electron chi connectivity index (χ2n) is 4.86. The lowest BCUT2D eigenvalue weighted by Gasteiger charge is -2.23. The topological polar surface area (TPSA) is 69.8 Å². The average molecular weight is 234 g/mol. The van der Waals surface area contributed by atoms with Crippen LogP contribution in [0.15, 0.2) is 4.79 Å². The fourth-order valence-corrected chi connectivity index (χ4v) is 2.67. The second-order valence-corrected chi connectivity index (χ2v) is 4.86. The van der Waals surface area contributed by atoms with E-state index in [2.05, 4.69) is 20.6 Å². The third-order valence-electron chi connectivity index (χ3n) is 3.62. The van der Waals surface area contributed by atoms with Gasteiger partial charge in [-0.05, 0) is 45.2 Å². The van der Waals surface area contributed by atoms with Gasteiger partial charge in [0.25, 0.3) is 5.56 Å². The zero-order valence-electron chi connectivity index (χ0n) is 9.88. The summed E-state index contributed by atoms with van der Waals surface area (Å²) in [6.07, 6.45) is 5.05. The summed E-state index contributed by atoms with van der Waals surface area (Å²) in [6, 6.07) is 0.429. The molecule has 0 saturated carbocycles. The lowest BCUT2D eigenvalue weighted by atomic mass is 10.1. The summed E-state index contributed by atoms with van der Waals surface area (Å²) in [6.45, 7) is 2.07. The van der Waals surface area contributed by atoms with Crippen LogP contribution in [0, 0.1) is 0 Å².